The van der Waals surface area contributed by atoms with Gasteiger partial charge in [-0.15, -0.1) is 11.3 Å². The van der Waals surface area contributed by atoms with E-state index in [1.165, 1.54) is 16.9 Å². The van der Waals surface area contributed by atoms with E-state index in [-0.39, 0.29) is 5.52 Å². The van der Waals surface area contributed by atoms with Crippen LogP contribution in [0.15, 0.2) is 36.4 Å². The molecule has 0 spiro atoms. The lowest BCUT2D eigenvalue weighted by Crippen LogP contribution is -1.99. The van der Waals surface area contributed by atoms with Gasteiger partial charge in [0.1, 0.15) is 10.5 Å². The Hall–Kier alpha value is -2.01. The molecule has 0 aliphatic carbocycles. The van der Waals surface area contributed by atoms with Gasteiger partial charge in [0, 0.05) is 5.69 Å². The number of rotatable bonds is 4. The van der Waals surface area contributed by atoms with Crippen LogP contribution in [0.2, 0.25) is 0 Å². The third-order valence-corrected chi connectivity index (χ3v) is 4.54. The number of fused-ring (bicyclic) bond motifs is 1. The lowest BCUT2D eigenvalue weighted by atomic mass is 10.0. The molecule has 2 aromatic carbocycles. The first-order valence-corrected chi connectivity index (χ1v) is 7.93. The summed E-state index contributed by atoms with van der Waals surface area (Å²) in [5.74, 6) is -1.24. The highest BCUT2D eigenvalue weighted by Gasteiger charge is 2.12. The second-order valence-electron chi connectivity index (χ2n) is 5.45. The average Bonchev–Trinajstić information content (AvgIpc) is 2.93. The van der Waals surface area contributed by atoms with Crippen LogP contribution < -0.4 is 5.32 Å². The van der Waals surface area contributed by atoms with E-state index in [2.05, 4.69) is 36.3 Å². The molecule has 0 aliphatic rings. The van der Waals surface area contributed by atoms with Gasteiger partial charge in [0.2, 0.25) is 0 Å². The maximum atomic E-state index is 13.6. The van der Waals surface area contributed by atoms with Gasteiger partial charge in [0.25, 0.3) is 0 Å². The molecule has 0 radical (unpaired) electrons. The normalized spacial score (nSPS) is 11.3. The molecule has 22 heavy (non-hydrogen) atoms. The molecule has 2 nitrogen and oxygen atoms in total. The van der Waals surface area contributed by atoms with Crippen molar-refractivity contribution in [1.82, 2.24) is 4.98 Å². The lowest BCUT2D eigenvalue weighted by Gasteiger charge is -2.08. The number of nitrogens with one attached hydrogen (secondary N) is 1. The largest absolute Gasteiger partial charge is 0.379 e. The van der Waals surface area contributed by atoms with Gasteiger partial charge in [-0.1, -0.05) is 26.0 Å². The van der Waals surface area contributed by atoms with Gasteiger partial charge in [-0.25, -0.2) is 13.8 Å². The Morgan fingerprint density at radius 2 is 1.82 bits per heavy atom. The Morgan fingerprint density at radius 1 is 1.09 bits per heavy atom. The molecule has 1 heterocycles. The van der Waals surface area contributed by atoms with E-state index in [0.717, 1.165) is 16.8 Å². The predicted molar refractivity (Wildman–Crippen MR) is 87.4 cm³/mol. The van der Waals surface area contributed by atoms with Crippen LogP contribution in [0.5, 0.6) is 0 Å². The van der Waals surface area contributed by atoms with Crippen molar-refractivity contribution >= 4 is 27.2 Å². The van der Waals surface area contributed by atoms with E-state index in [4.69, 9.17) is 0 Å². The second kappa shape index (κ2) is 6.01. The minimum atomic E-state index is -0.874. The summed E-state index contributed by atoms with van der Waals surface area (Å²) >= 11 is 1.37. The number of anilines is 1. The third-order valence-electron chi connectivity index (χ3n) is 3.52. The summed E-state index contributed by atoms with van der Waals surface area (Å²) < 4.78 is 27.5. The van der Waals surface area contributed by atoms with E-state index >= 15 is 0 Å². The van der Waals surface area contributed by atoms with Crippen molar-refractivity contribution in [3.63, 3.8) is 0 Å². The average molecular weight is 318 g/mol. The molecule has 0 fully saturated rings. The Balaban J connectivity index is 1.75. The molecule has 3 aromatic rings. The first-order valence-electron chi connectivity index (χ1n) is 7.12. The lowest BCUT2D eigenvalue weighted by molar-refractivity contribution is 0.515. The number of aromatic nitrogens is 1. The first-order chi connectivity index (χ1) is 10.5. The zero-order chi connectivity index (χ0) is 15.7. The van der Waals surface area contributed by atoms with Crippen LogP contribution in [-0.4, -0.2) is 4.98 Å². The fourth-order valence-electron chi connectivity index (χ4n) is 2.22. The van der Waals surface area contributed by atoms with E-state index in [1.54, 1.807) is 6.07 Å². The van der Waals surface area contributed by atoms with Gasteiger partial charge in [0.05, 0.1) is 11.2 Å². The van der Waals surface area contributed by atoms with Crippen molar-refractivity contribution in [2.45, 2.75) is 26.3 Å². The van der Waals surface area contributed by atoms with E-state index < -0.39 is 11.6 Å². The molecule has 0 bridgehead atoms. The summed E-state index contributed by atoms with van der Waals surface area (Å²) in [5.41, 5.74) is 2.37. The zero-order valence-electron chi connectivity index (χ0n) is 12.4. The Kier molecular flexibility index (Phi) is 4.07. The van der Waals surface area contributed by atoms with Crippen molar-refractivity contribution in [3.05, 3.63) is 58.6 Å². The Labute approximate surface area is 131 Å². The van der Waals surface area contributed by atoms with Gasteiger partial charge >= 0.3 is 0 Å². The predicted octanol–water partition coefficient (Wildman–Crippen LogP) is 5.31. The molecule has 0 amide bonds. The molecule has 0 atom stereocenters. The number of benzene rings is 2. The number of nitrogens with zero attached hydrogens (tertiary/aromatic N) is 1. The van der Waals surface area contributed by atoms with Crippen LogP contribution in [0.25, 0.3) is 10.2 Å². The molecule has 0 saturated carbocycles. The molecule has 3 rings (SSSR count). The first kappa shape index (κ1) is 14.9. The monoisotopic (exact) mass is 318 g/mol. The SMILES string of the molecule is CC(C)c1ccc(NCc2nc3c(F)c(F)ccc3s2)cc1. The van der Waals surface area contributed by atoms with Crippen molar-refractivity contribution in [2.75, 3.05) is 5.32 Å². The maximum absolute atomic E-state index is 13.6. The molecule has 1 N–H and O–H groups in total. The summed E-state index contributed by atoms with van der Waals surface area (Å²) in [6.07, 6.45) is 0. The van der Waals surface area contributed by atoms with Gasteiger partial charge in [-0.05, 0) is 35.7 Å². The van der Waals surface area contributed by atoms with E-state index in [1.807, 2.05) is 12.1 Å². The standard InChI is InChI=1S/C17H16F2N2S/c1-10(2)11-3-5-12(6-4-11)20-9-15-21-17-14(22-15)8-7-13(18)16(17)19/h3-8,10,20H,9H2,1-2H3. The van der Waals surface area contributed by atoms with Crippen molar-refractivity contribution < 1.29 is 8.78 Å². The molecular formula is C17H16F2N2S. The molecule has 0 unspecified atom stereocenters. The number of thiazole rings is 1. The fourth-order valence-corrected chi connectivity index (χ4v) is 3.13. The van der Waals surface area contributed by atoms with E-state index in [9.17, 15) is 8.78 Å². The van der Waals surface area contributed by atoms with E-state index in [0.29, 0.717) is 17.2 Å². The molecule has 5 heteroatoms. The van der Waals surface area contributed by atoms with Gasteiger partial charge in [-0.3, -0.25) is 0 Å². The number of hydrogen-bond acceptors (Lipinski definition) is 3. The highest BCUT2D eigenvalue weighted by molar-refractivity contribution is 7.18. The smallest absolute Gasteiger partial charge is 0.185 e. The van der Waals surface area contributed by atoms with Crippen LogP contribution in [-0.2, 0) is 6.54 Å². The molecule has 114 valence electrons. The minimum Gasteiger partial charge on any atom is -0.379 e. The molecule has 1 aromatic heterocycles. The third kappa shape index (κ3) is 2.95. The van der Waals surface area contributed by atoms with Crippen LogP contribution >= 0.6 is 11.3 Å². The van der Waals surface area contributed by atoms with Crippen molar-refractivity contribution in [2.24, 2.45) is 0 Å². The summed E-state index contributed by atoms with van der Waals surface area (Å²) in [6, 6.07) is 10.9. The molecule has 0 saturated heterocycles. The Bertz CT molecular complexity index is 794. The van der Waals surface area contributed by atoms with Crippen LogP contribution in [0.1, 0.15) is 30.3 Å². The zero-order valence-corrected chi connectivity index (χ0v) is 13.2. The van der Waals surface area contributed by atoms with Crippen molar-refractivity contribution in [3.8, 4) is 0 Å². The summed E-state index contributed by atoms with van der Waals surface area (Å²) in [4.78, 5) is 4.17. The molecule has 0 aliphatic heterocycles. The number of hydrogen-bond donors (Lipinski definition) is 1. The summed E-state index contributed by atoms with van der Waals surface area (Å²) in [6.45, 7) is 4.79. The summed E-state index contributed by atoms with van der Waals surface area (Å²) in [7, 11) is 0. The van der Waals surface area contributed by atoms with Gasteiger partial charge in [-0.2, -0.15) is 0 Å². The van der Waals surface area contributed by atoms with Crippen LogP contribution in [0, 0.1) is 11.6 Å². The van der Waals surface area contributed by atoms with Crippen molar-refractivity contribution in [1.29, 1.82) is 0 Å². The van der Waals surface area contributed by atoms with Gasteiger partial charge < -0.3 is 5.32 Å². The fraction of sp³-hybridized carbons (Fsp3) is 0.235. The highest BCUT2D eigenvalue weighted by Crippen LogP contribution is 2.26. The maximum Gasteiger partial charge on any atom is 0.185 e. The highest BCUT2D eigenvalue weighted by atomic mass is 32.1. The second-order valence-corrected chi connectivity index (χ2v) is 6.56. The minimum absolute atomic E-state index is 0.108. The van der Waals surface area contributed by atoms with Gasteiger partial charge in [0.15, 0.2) is 11.6 Å². The van der Waals surface area contributed by atoms with Crippen LogP contribution in [0.3, 0.4) is 0 Å². The Morgan fingerprint density at radius 3 is 2.50 bits per heavy atom. The number of halogens is 2. The quantitative estimate of drug-likeness (QED) is 0.705. The topological polar surface area (TPSA) is 24.9 Å². The summed E-state index contributed by atoms with van der Waals surface area (Å²) in [5, 5.41) is 3.98. The molecular weight excluding hydrogens is 302 g/mol. The van der Waals surface area contributed by atoms with Crippen LogP contribution in [0.4, 0.5) is 14.5 Å².